The zero-order valence-corrected chi connectivity index (χ0v) is 10.2. The lowest BCUT2D eigenvalue weighted by Crippen LogP contribution is -2.35. The molecule has 5 nitrogen and oxygen atoms in total. The number of hydrogen-bond acceptors (Lipinski definition) is 4. The van der Waals surface area contributed by atoms with E-state index < -0.39 is 0 Å². The van der Waals surface area contributed by atoms with Crippen molar-refractivity contribution in [3.8, 4) is 0 Å². The second-order valence-electron chi connectivity index (χ2n) is 5.02. The van der Waals surface area contributed by atoms with Crippen LogP contribution in [0.1, 0.15) is 19.8 Å². The third kappa shape index (κ3) is 2.35. The maximum Gasteiger partial charge on any atom is 0.233 e. The molecular weight excluding hydrogens is 220 g/mol. The van der Waals surface area contributed by atoms with E-state index in [1.807, 2.05) is 0 Å². The van der Waals surface area contributed by atoms with E-state index in [2.05, 4.69) is 6.92 Å². The van der Waals surface area contributed by atoms with Gasteiger partial charge in [0.2, 0.25) is 11.8 Å². The summed E-state index contributed by atoms with van der Waals surface area (Å²) in [5, 5.41) is 0. The highest BCUT2D eigenvalue weighted by Crippen LogP contribution is 2.42. The van der Waals surface area contributed by atoms with Gasteiger partial charge in [-0.2, -0.15) is 0 Å². The first kappa shape index (κ1) is 12.5. The minimum Gasteiger partial charge on any atom is -0.378 e. The lowest BCUT2D eigenvalue weighted by Gasteiger charge is -2.16. The van der Waals surface area contributed by atoms with Crippen molar-refractivity contribution >= 4 is 11.8 Å². The fourth-order valence-corrected chi connectivity index (χ4v) is 2.91. The fourth-order valence-electron chi connectivity index (χ4n) is 2.91. The largest absolute Gasteiger partial charge is 0.378 e. The van der Waals surface area contributed by atoms with Crippen molar-refractivity contribution in [2.75, 3.05) is 26.3 Å². The van der Waals surface area contributed by atoms with Crippen molar-refractivity contribution in [2.45, 2.75) is 19.8 Å². The minimum absolute atomic E-state index is 0.000647. The Labute approximate surface area is 101 Å². The van der Waals surface area contributed by atoms with Crippen LogP contribution in [0.2, 0.25) is 0 Å². The standard InChI is InChI=1S/C12H20N2O3/c1-8-6-9-10(7-8)12(16)14(11(9)15)3-5-17-4-2-13/h8-10H,2-7,13H2,1H3. The highest BCUT2D eigenvalue weighted by Gasteiger charge is 2.51. The molecule has 1 saturated heterocycles. The average molecular weight is 240 g/mol. The summed E-state index contributed by atoms with van der Waals surface area (Å²) in [5.41, 5.74) is 5.29. The number of fused-ring (bicyclic) bond motifs is 1. The normalized spacial score (nSPS) is 32.4. The van der Waals surface area contributed by atoms with Crippen LogP contribution in [0.25, 0.3) is 0 Å². The molecule has 2 unspecified atom stereocenters. The van der Waals surface area contributed by atoms with Gasteiger partial charge in [0.15, 0.2) is 0 Å². The Morgan fingerprint density at radius 2 is 1.82 bits per heavy atom. The number of rotatable bonds is 5. The number of nitrogens with zero attached hydrogens (tertiary/aromatic N) is 1. The molecule has 2 amide bonds. The molecule has 2 N–H and O–H groups in total. The van der Waals surface area contributed by atoms with Crippen LogP contribution in [0.3, 0.4) is 0 Å². The molecule has 0 aromatic carbocycles. The predicted octanol–water partition coefficient (Wildman–Crippen LogP) is -0.00720. The Morgan fingerprint density at radius 1 is 1.24 bits per heavy atom. The summed E-state index contributed by atoms with van der Waals surface area (Å²) in [7, 11) is 0. The third-order valence-corrected chi connectivity index (χ3v) is 3.69. The molecule has 0 aromatic rings. The van der Waals surface area contributed by atoms with Gasteiger partial charge in [-0.05, 0) is 18.8 Å². The van der Waals surface area contributed by atoms with Crippen LogP contribution in [0.15, 0.2) is 0 Å². The molecular formula is C12H20N2O3. The molecule has 2 fully saturated rings. The monoisotopic (exact) mass is 240 g/mol. The van der Waals surface area contributed by atoms with E-state index in [0.29, 0.717) is 32.2 Å². The van der Waals surface area contributed by atoms with Gasteiger partial charge < -0.3 is 10.5 Å². The number of carbonyl (C=O) groups excluding carboxylic acids is 2. The smallest absolute Gasteiger partial charge is 0.233 e. The Kier molecular flexibility index (Phi) is 3.79. The summed E-state index contributed by atoms with van der Waals surface area (Å²) in [6, 6.07) is 0. The van der Waals surface area contributed by atoms with Crippen molar-refractivity contribution in [1.82, 2.24) is 4.90 Å². The molecule has 2 aliphatic rings. The summed E-state index contributed by atoms with van der Waals surface area (Å²) in [5.74, 6) is 0.369. The van der Waals surface area contributed by atoms with Crippen LogP contribution in [0.5, 0.6) is 0 Å². The van der Waals surface area contributed by atoms with Crippen LogP contribution < -0.4 is 5.73 Å². The van der Waals surface area contributed by atoms with E-state index >= 15 is 0 Å². The molecule has 2 atom stereocenters. The first-order valence-electron chi connectivity index (χ1n) is 6.28. The van der Waals surface area contributed by atoms with Crippen molar-refractivity contribution in [3.05, 3.63) is 0 Å². The van der Waals surface area contributed by atoms with Crippen molar-refractivity contribution < 1.29 is 14.3 Å². The minimum atomic E-state index is -0.0630. The first-order valence-corrected chi connectivity index (χ1v) is 6.28. The van der Waals surface area contributed by atoms with Gasteiger partial charge in [0.25, 0.3) is 0 Å². The van der Waals surface area contributed by atoms with E-state index in [1.54, 1.807) is 0 Å². The Morgan fingerprint density at radius 3 is 2.35 bits per heavy atom. The molecule has 0 bridgehead atoms. The van der Waals surface area contributed by atoms with Gasteiger partial charge in [-0.3, -0.25) is 14.5 Å². The molecule has 5 heteroatoms. The SMILES string of the molecule is CC1CC2C(=O)N(CCOCCN)C(=O)C2C1. The second kappa shape index (κ2) is 5.14. The van der Waals surface area contributed by atoms with Crippen molar-refractivity contribution in [1.29, 1.82) is 0 Å². The van der Waals surface area contributed by atoms with E-state index in [1.165, 1.54) is 4.90 Å². The van der Waals surface area contributed by atoms with Gasteiger partial charge in [-0.1, -0.05) is 6.92 Å². The van der Waals surface area contributed by atoms with Crippen LogP contribution in [-0.4, -0.2) is 43.0 Å². The Bertz CT molecular complexity index is 295. The van der Waals surface area contributed by atoms with Gasteiger partial charge in [0.05, 0.1) is 31.6 Å². The van der Waals surface area contributed by atoms with Gasteiger partial charge >= 0.3 is 0 Å². The molecule has 1 aliphatic carbocycles. The topological polar surface area (TPSA) is 72.6 Å². The molecule has 1 aliphatic heterocycles. The zero-order chi connectivity index (χ0) is 12.4. The number of likely N-dealkylation sites (tertiary alicyclic amines) is 1. The van der Waals surface area contributed by atoms with Crippen molar-refractivity contribution in [2.24, 2.45) is 23.5 Å². The van der Waals surface area contributed by atoms with Gasteiger partial charge in [0, 0.05) is 6.54 Å². The molecule has 0 aromatic heterocycles. The number of hydrogen-bond donors (Lipinski definition) is 1. The quantitative estimate of drug-likeness (QED) is 0.542. The molecule has 96 valence electrons. The van der Waals surface area contributed by atoms with Gasteiger partial charge in [-0.25, -0.2) is 0 Å². The zero-order valence-electron chi connectivity index (χ0n) is 10.2. The summed E-state index contributed by atoms with van der Waals surface area (Å²) in [4.78, 5) is 25.4. The van der Waals surface area contributed by atoms with Crippen LogP contribution in [0.4, 0.5) is 0 Å². The molecule has 1 heterocycles. The summed E-state index contributed by atoms with van der Waals surface area (Å²) in [6.45, 7) is 3.81. The second-order valence-corrected chi connectivity index (χ2v) is 5.02. The molecule has 17 heavy (non-hydrogen) atoms. The van der Waals surface area contributed by atoms with Crippen LogP contribution >= 0.6 is 0 Å². The average Bonchev–Trinajstić information content (AvgIpc) is 2.77. The highest BCUT2D eigenvalue weighted by molar-refractivity contribution is 6.05. The van der Waals surface area contributed by atoms with Crippen molar-refractivity contribution in [3.63, 3.8) is 0 Å². The molecule has 0 spiro atoms. The molecule has 2 rings (SSSR count). The summed E-state index contributed by atoms with van der Waals surface area (Å²) < 4.78 is 5.21. The Hall–Kier alpha value is -0.940. The van der Waals surface area contributed by atoms with Crippen LogP contribution in [0, 0.1) is 17.8 Å². The Balaban J connectivity index is 1.88. The summed E-state index contributed by atoms with van der Waals surface area (Å²) >= 11 is 0. The van der Waals surface area contributed by atoms with Crippen LogP contribution in [-0.2, 0) is 14.3 Å². The lowest BCUT2D eigenvalue weighted by atomic mass is 10.00. The molecule has 1 saturated carbocycles. The maximum absolute atomic E-state index is 12.0. The van der Waals surface area contributed by atoms with E-state index in [9.17, 15) is 9.59 Å². The first-order chi connectivity index (χ1) is 8.15. The van der Waals surface area contributed by atoms with Gasteiger partial charge in [-0.15, -0.1) is 0 Å². The summed E-state index contributed by atoms with van der Waals surface area (Å²) in [6.07, 6.45) is 1.71. The lowest BCUT2D eigenvalue weighted by molar-refractivity contribution is -0.141. The van der Waals surface area contributed by atoms with E-state index in [0.717, 1.165) is 12.8 Å². The number of ether oxygens (including phenoxy) is 1. The number of amides is 2. The number of carbonyl (C=O) groups is 2. The fraction of sp³-hybridized carbons (Fsp3) is 0.833. The number of imide groups is 1. The predicted molar refractivity (Wildman–Crippen MR) is 62.0 cm³/mol. The van der Waals surface area contributed by atoms with E-state index in [4.69, 9.17) is 10.5 Å². The third-order valence-electron chi connectivity index (χ3n) is 3.69. The molecule has 0 radical (unpaired) electrons. The maximum atomic E-state index is 12.0. The highest BCUT2D eigenvalue weighted by atomic mass is 16.5. The van der Waals surface area contributed by atoms with Gasteiger partial charge in [0.1, 0.15) is 0 Å². The number of nitrogens with two attached hydrogens (primary N) is 1. The van der Waals surface area contributed by atoms with E-state index in [-0.39, 0.29) is 23.7 Å².